The second-order valence-electron chi connectivity index (χ2n) is 3.65. The van der Waals surface area contributed by atoms with Crippen molar-refractivity contribution >= 4 is 22.7 Å². The standard InChI is InChI=1S/C11H15N3OS2/c1-7-13-8(6-16-7)3-11-14-9(5-15-2)10(4-12)17-11/h6H,3-5,12H2,1-2H3. The van der Waals surface area contributed by atoms with Crippen LogP contribution in [0.25, 0.3) is 0 Å². The van der Waals surface area contributed by atoms with E-state index in [1.807, 2.05) is 6.92 Å². The minimum atomic E-state index is 0.520. The highest BCUT2D eigenvalue weighted by Gasteiger charge is 2.11. The number of nitrogens with zero attached hydrogens (tertiary/aromatic N) is 2. The molecular weight excluding hydrogens is 254 g/mol. The second-order valence-corrected chi connectivity index (χ2v) is 5.88. The van der Waals surface area contributed by atoms with Crippen LogP contribution in [-0.2, 0) is 24.3 Å². The Labute approximate surface area is 108 Å². The molecule has 17 heavy (non-hydrogen) atoms. The van der Waals surface area contributed by atoms with Crippen molar-refractivity contribution in [1.29, 1.82) is 0 Å². The Morgan fingerprint density at radius 2 is 2.24 bits per heavy atom. The first-order chi connectivity index (χ1) is 8.22. The average molecular weight is 269 g/mol. The van der Waals surface area contributed by atoms with Crippen LogP contribution >= 0.6 is 22.7 Å². The van der Waals surface area contributed by atoms with Gasteiger partial charge < -0.3 is 10.5 Å². The maximum Gasteiger partial charge on any atom is 0.0992 e. The van der Waals surface area contributed by atoms with Gasteiger partial charge in [-0.1, -0.05) is 0 Å². The lowest BCUT2D eigenvalue weighted by atomic mass is 10.3. The van der Waals surface area contributed by atoms with Gasteiger partial charge in [0.25, 0.3) is 0 Å². The number of nitrogens with two attached hydrogens (primary N) is 1. The van der Waals surface area contributed by atoms with E-state index >= 15 is 0 Å². The first kappa shape index (κ1) is 12.6. The summed E-state index contributed by atoms with van der Waals surface area (Å²) in [6.07, 6.45) is 0.783. The molecule has 0 radical (unpaired) electrons. The van der Waals surface area contributed by atoms with Crippen molar-refractivity contribution in [2.45, 2.75) is 26.5 Å². The van der Waals surface area contributed by atoms with E-state index < -0.39 is 0 Å². The van der Waals surface area contributed by atoms with Crippen molar-refractivity contribution in [3.05, 3.63) is 31.7 Å². The van der Waals surface area contributed by atoms with Crippen LogP contribution in [0.1, 0.15) is 26.3 Å². The summed E-state index contributed by atoms with van der Waals surface area (Å²) in [6.45, 7) is 3.06. The van der Waals surface area contributed by atoms with Crippen molar-refractivity contribution in [3.63, 3.8) is 0 Å². The number of hydrogen-bond acceptors (Lipinski definition) is 6. The Balaban J connectivity index is 2.16. The van der Waals surface area contributed by atoms with Gasteiger partial charge in [-0.2, -0.15) is 0 Å². The molecule has 0 amide bonds. The van der Waals surface area contributed by atoms with Crippen molar-refractivity contribution < 1.29 is 4.74 Å². The Morgan fingerprint density at radius 1 is 1.41 bits per heavy atom. The summed E-state index contributed by atoms with van der Waals surface area (Å²) in [4.78, 5) is 10.1. The molecule has 4 nitrogen and oxygen atoms in total. The minimum absolute atomic E-state index is 0.520. The first-order valence-electron chi connectivity index (χ1n) is 5.30. The van der Waals surface area contributed by atoms with Gasteiger partial charge in [-0.3, -0.25) is 0 Å². The normalized spacial score (nSPS) is 11.0. The number of ether oxygens (including phenoxy) is 1. The van der Waals surface area contributed by atoms with Gasteiger partial charge in [-0.25, -0.2) is 9.97 Å². The summed E-state index contributed by atoms with van der Waals surface area (Å²) in [5.41, 5.74) is 7.73. The second kappa shape index (κ2) is 5.68. The Kier molecular flexibility index (Phi) is 4.22. The number of aryl methyl sites for hydroxylation is 1. The summed E-state index contributed by atoms with van der Waals surface area (Å²) >= 11 is 3.32. The summed E-state index contributed by atoms with van der Waals surface area (Å²) in [6, 6.07) is 0. The smallest absolute Gasteiger partial charge is 0.0992 e. The van der Waals surface area contributed by atoms with E-state index in [-0.39, 0.29) is 0 Å². The largest absolute Gasteiger partial charge is 0.378 e. The van der Waals surface area contributed by atoms with Crippen LogP contribution in [0.4, 0.5) is 0 Å². The van der Waals surface area contributed by atoms with Gasteiger partial charge in [-0.05, 0) is 6.92 Å². The third kappa shape index (κ3) is 3.10. The molecule has 2 N–H and O–H groups in total. The van der Waals surface area contributed by atoms with Crippen molar-refractivity contribution in [1.82, 2.24) is 9.97 Å². The quantitative estimate of drug-likeness (QED) is 0.903. The fourth-order valence-electron chi connectivity index (χ4n) is 1.57. The predicted octanol–water partition coefficient (Wildman–Crippen LogP) is 2.10. The van der Waals surface area contributed by atoms with Gasteiger partial charge in [0.1, 0.15) is 0 Å². The molecule has 0 aromatic carbocycles. The molecule has 0 aliphatic heterocycles. The zero-order valence-electron chi connectivity index (χ0n) is 9.90. The zero-order chi connectivity index (χ0) is 12.3. The Morgan fingerprint density at radius 3 is 2.82 bits per heavy atom. The lowest BCUT2D eigenvalue weighted by Crippen LogP contribution is -1.99. The molecule has 2 heterocycles. The number of hydrogen-bond donors (Lipinski definition) is 1. The fourth-order valence-corrected chi connectivity index (χ4v) is 3.14. The highest BCUT2D eigenvalue weighted by molar-refractivity contribution is 7.11. The molecular formula is C11H15N3OS2. The molecule has 0 spiro atoms. The molecule has 0 aliphatic carbocycles. The zero-order valence-corrected chi connectivity index (χ0v) is 11.5. The molecule has 2 rings (SSSR count). The number of thiazole rings is 2. The maximum atomic E-state index is 5.69. The van der Waals surface area contributed by atoms with E-state index in [0.29, 0.717) is 13.2 Å². The molecule has 92 valence electrons. The van der Waals surface area contributed by atoms with Crippen LogP contribution in [0, 0.1) is 6.92 Å². The summed E-state index contributed by atoms with van der Waals surface area (Å²) in [5.74, 6) is 0. The van der Waals surface area contributed by atoms with Crippen LogP contribution in [0.3, 0.4) is 0 Å². The molecule has 6 heteroatoms. The van der Waals surface area contributed by atoms with Crippen LogP contribution in [0.15, 0.2) is 5.38 Å². The van der Waals surface area contributed by atoms with Crippen LogP contribution < -0.4 is 5.73 Å². The monoisotopic (exact) mass is 269 g/mol. The van der Waals surface area contributed by atoms with Gasteiger partial charge in [-0.15, -0.1) is 22.7 Å². The molecule has 0 bridgehead atoms. The lowest BCUT2D eigenvalue weighted by Gasteiger charge is -1.95. The van der Waals surface area contributed by atoms with Gasteiger partial charge >= 0.3 is 0 Å². The fraction of sp³-hybridized carbons (Fsp3) is 0.455. The SMILES string of the molecule is COCc1nc(Cc2csc(C)n2)sc1CN. The van der Waals surface area contributed by atoms with Gasteiger partial charge in [0.15, 0.2) is 0 Å². The lowest BCUT2D eigenvalue weighted by molar-refractivity contribution is 0.181. The average Bonchev–Trinajstić information content (AvgIpc) is 2.87. The minimum Gasteiger partial charge on any atom is -0.378 e. The molecule has 0 saturated carbocycles. The van der Waals surface area contributed by atoms with Crippen molar-refractivity contribution in [3.8, 4) is 0 Å². The third-order valence-electron chi connectivity index (χ3n) is 2.29. The highest BCUT2D eigenvalue weighted by atomic mass is 32.1. The number of rotatable bonds is 5. The summed E-state index contributed by atoms with van der Waals surface area (Å²) in [5, 5.41) is 4.23. The Hall–Kier alpha value is -0.820. The molecule has 0 unspecified atom stereocenters. The van der Waals surface area contributed by atoms with E-state index in [4.69, 9.17) is 10.5 Å². The van der Waals surface area contributed by atoms with Crippen molar-refractivity contribution in [2.75, 3.05) is 7.11 Å². The Bertz CT molecular complexity index is 493. The highest BCUT2D eigenvalue weighted by Crippen LogP contribution is 2.22. The molecule has 2 aromatic heterocycles. The topological polar surface area (TPSA) is 61.0 Å². The molecule has 0 fully saturated rings. The molecule has 2 aromatic rings. The molecule has 0 saturated heterocycles. The van der Waals surface area contributed by atoms with Gasteiger partial charge in [0.05, 0.1) is 28.0 Å². The number of methoxy groups -OCH3 is 1. The predicted molar refractivity (Wildman–Crippen MR) is 70.4 cm³/mol. The van der Waals surface area contributed by atoms with E-state index in [9.17, 15) is 0 Å². The van der Waals surface area contributed by atoms with E-state index in [2.05, 4.69) is 15.3 Å². The van der Waals surface area contributed by atoms with Gasteiger partial charge in [0, 0.05) is 30.3 Å². The van der Waals surface area contributed by atoms with Crippen LogP contribution in [-0.4, -0.2) is 17.1 Å². The summed E-state index contributed by atoms with van der Waals surface area (Å²) < 4.78 is 5.11. The molecule has 0 atom stereocenters. The number of aromatic nitrogens is 2. The molecule has 0 aliphatic rings. The maximum absolute atomic E-state index is 5.69. The summed E-state index contributed by atoms with van der Waals surface area (Å²) in [7, 11) is 1.67. The van der Waals surface area contributed by atoms with Crippen LogP contribution in [0.5, 0.6) is 0 Å². The van der Waals surface area contributed by atoms with E-state index in [0.717, 1.165) is 32.7 Å². The van der Waals surface area contributed by atoms with Crippen molar-refractivity contribution in [2.24, 2.45) is 5.73 Å². The first-order valence-corrected chi connectivity index (χ1v) is 7.00. The van der Waals surface area contributed by atoms with E-state index in [1.54, 1.807) is 29.8 Å². The van der Waals surface area contributed by atoms with Crippen LogP contribution in [0.2, 0.25) is 0 Å². The third-order valence-corrected chi connectivity index (χ3v) is 4.23. The van der Waals surface area contributed by atoms with Gasteiger partial charge in [0.2, 0.25) is 0 Å². The van der Waals surface area contributed by atoms with E-state index in [1.165, 1.54) is 0 Å².